The molecule has 0 heterocycles. The van der Waals surface area contributed by atoms with E-state index in [9.17, 15) is 0 Å². The van der Waals surface area contributed by atoms with E-state index in [2.05, 4.69) is 10.3 Å². The van der Waals surface area contributed by atoms with E-state index in [1.54, 1.807) is 7.11 Å². The Kier molecular flexibility index (Phi) is 5.02. The molecule has 0 atom stereocenters. The van der Waals surface area contributed by atoms with Crippen molar-refractivity contribution in [2.45, 2.75) is 13.5 Å². The van der Waals surface area contributed by atoms with Crippen LogP contribution in [-0.4, -0.2) is 25.7 Å². The van der Waals surface area contributed by atoms with Gasteiger partial charge in [-0.25, -0.2) is 5.43 Å². The van der Waals surface area contributed by atoms with E-state index in [0.29, 0.717) is 17.4 Å². The largest absolute Gasteiger partial charge is 0.495 e. The van der Waals surface area contributed by atoms with E-state index in [0.717, 1.165) is 12.1 Å². The zero-order chi connectivity index (χ0) is 12.1. The number of hydrogen-bond donors (Lipinski definition) is 2. The Morgan fingerprint density at radius 2 is 2.19 bits per heavy atom. The summed E-state index contributed by atoms with van der Waals surface area (Å²) in [5.74, 6) is 5.97. The summed E-state index contributed by atoms with van der Waals surface area (Å²) in [6, 6.07) is 3.88. The van der Waals surface area contributed by atoms with Gasteiger partial charge < -0.3 is 4.74 Å². The van der Waals surface area contributed by atoms with E-state index in [4.69, 9.17) is 22.2 Å². The number of halogens is 1. The molecule has 1 aromatic carbocycles. The lowest BCUT2D eigenvalue weighted by Gasteiger charge is -2.18. The van der Waals surface area contributed by atoms with Gasteiger partial charge in [-0.1, -0.05) is 11.6 Å². The van der Waals surface area contributed by atoms with Crippen LogP contribution < -0.4 is 16.0 Å². The van der Waals surface area contributed by atoms with E-state index < -0.39 is 0 Å². The number of ether oxygens (including phenoxy) is 1. The third-order valence-corrected chi connectivity index (χ3v) is 2.71. The van der Waals surface area contributed by atoms with Gasteiger partial charge in [-0.3, -0.25) is 10.7 Å². The standard InChI is InChI=1S/C11H18ClN3O/c1-8-4-11(16-3)10(12)5-9(8)6-15(2)7-14-13/h4-5,14H,6-7,13H2,1-3H3. The number of benzene rings is 1. The molecule has 0 aliphatic heterocycles. The summed E-state index contributed by atoms with van der Waals surface area (Å²) in [5.41, 5.74) is 4.94. The minimum Gasteiger partial charge on any atom is -0.495 e. The number of nitrogens with two attached hydrogens (primary N) is 1. The Labute approximate surface area is 101 Å². The van der Waals surface area contributed by atoms with Crippen LogP contribution in [0.2, 0.25) is 5.02 Å². The van der Waals surface area contributed by atoms with Gasteiger partial charge in [0.1, 0.15) is 5.75 Å². The summed E-state index contributed by atoms with van der Waals surface area (Å²) < 4.78 is 5.16. The van der Waals surface area contributed by atoms with Crippen LogP contribution in [0.15, 0.2) is 12.1 Å². The smallest absolute Gasteiger partial charge is 0.137 e. The second-order valence-corrected chi connectivity index (χ2v) is 4.20. The molecule has 0 aromatic heterocycles. The fourth-order valence-electron chi connectivity index (χ4n) is 1.53. The Hall–Kier alpha value is -0.810. The van der Waals surface area contributed by atoms with Gasteiger partial charge in [0.2, 0.25) is 0 Å². The van der Waals surface area contributed by atoms with Crippen molar-refractivity contribution in [3.8, 4) is 5.75 Å². The topological polar surface area (TPSA) is 50.5 Å². The molecule has 0 saturated carbocycles. The van der Waals surface area contributed by atoms with Crippen molar-refractivity contribution in [3.63, 3.8) is 0 Å². The summed E-state index contributed by atoms with van der Waals surface area (Å²) in [7, 11) is 3.60. The highest BCUT2D eigenvalue weighted by Gasteiger charge is 2.08. The van der Waals surface area contributed by atoms with Crippen molar-refractivity contribution < 1.29 is 4.74 Å². The van der Waals surface area contributed by atoms with Crippen LogP contribution in [0.1, 0.15) is 11.1 Å². The number of methoxy groups -OCH3 is 1. The predicted octanol–water partition coefficient (Wildman–Crippen LogP) is 1.51. The number of hydrogen-bond acceptors (Lipinski definition) is 4. The molecule has 0 aliphatic carbocycles. The minimum absolute atomic E-state index is 0.628. The molecule has 16 heavy (non-hydrogen) atoms. The van der Waals surface area contributed by atoms with Gasteiger partial charge in [-0.05, 0) is 37.2 Å². The molecular weight excluding hydrogens is 226 g/mol. The van der Waals surface area contributed by atoms with Crippen molar-refractivity contribution in [2.75, 3.05) is 20.8 Å². The zero-order valence-corrected chi connectivity index (χ0v) is 10.6. The average Bonchev–Trinajstić information content (AvgIpc) is 2.23. The highest BCUT2D eigenvalue weighted by atomic mass is 35.5. The lowest BCUT2D eigenvalue weighted by molar-refractivity contribution is 0.301. The number of nitrogens with zero attached hydrogens (tertiary/aromatic N) is 1. The molecule has 3 N–H and O–H groups in total. The lowest BCUT2D eigenvalue weighted by Crippen LogP contribution is -2.35. The van der Waals surface area contributed by atoms with Crippen molar-refractivity contribution >= 4 is 11.6 Å². The second kappa shape index (κ2) is 6.06. The quantitative estimate of drug-likeness (QED) is 0.468. The van der Waals surface area contributed by atoms with Crippen molar-refractivity contribution in [3.05, 3.63) is 28.3 Å². The molecule has 90 valence electrons. The van der Waals surface area contributed by atoms with Crippen molar-refractivity contribution in [1.29, 1.82) is 0 Å². The zero-order valence-electron chi connectivity index (χ0n) is 9.88. The molecule has 0 aliphatic rings. The maximum Gasteiger partial charge on any atom is 0.137 e. The maximum atomic E-state index is 6.08. The maximum absolute atomic E-state index is 6.08. The van der Waals surface area contributed by atoms with Crippen LogP contribution >= 0.6 is 11.6 Å². The van der Waals surface area contributed by atoms with E-state index >= 15 is 0 Å². The van der Waals surface area contributed by atoms with Crippen LogP contribution in [0.25, 0.3) is 0 Å². The van der Waals surface area contributed by atoms with Gasteiger partial charge in [0.15, 0.2) is 0 Å². The molecule has 4 nitrogen and oxygen atoms in total. The van der Waals surface area contributed by atoms with Crippen LogP contribution in [-0.2, 0) is 6.54 Å². The van der Waals surface area contributed by atoms with Crippen molar-refractivity contribution in [1.82, 2.24) is 10.3 Å². The molecule has 0 unspecified atom stereocenters. The van der Waals surface area contributed by atoms with Gasteiger partial charge in [0, 0.05) is 6.54 Å². The Bertz CT molecular complexity index is 357. The van der Waals surface area contributed by atoms with E-state index in [1.807, 2.05) is 26.1 Å². The second-order valence-electron chi connectivity index (χ2n) is 3.79. The highest BCUT2D eigenvalue weighted by molar-refractivity contribution is 6.32. The molecule has 0 amide bonds. The van der Waals surface area contributed by atoms with Crippen LogP contribution in [0.5, 0.6) is 5.75 Å². The molecular formula is C11H18ClN3O. The fraction of sp³-hybridized carbons (Fsp3) is 0.455. The molecule has 0 fully saturated rings. The summed E-state index contributed by atoms with van der Waals surface area (Å²) >= 11 is 6.08. The molecule has 1 aromatic rings. The lowest BCUT2D eigenvalue weighted by atomic mass is 10.1. The predicted molar refractivity (Wildman–Crippen MR) is 66.4 cm³/mol. The molecule has 0 radical (unpaired) electrons. The third-order valence-electron chi connectivity index (χ3n) is 2.41. The van der Waals surface area contributed by atoms with Gasteiger partial charge in [-0.15, -0.1) is 0 Å². The first-order chi connectivity index (χ1) is 7.58. The van der Waals surface area contributed by atoms with Crippen LogP contribution in [0, 0.1) is 6.92 Å². The number of nitrogens with one attached hydrogen (secondary N) is 1. The van der Waals surface area contributed by atoms with Crippen LogP contribution in [0.3, 0.4) is 0 Å². The summed E-state index contributed by atoms with van der Waals surface area (Å²) in [6.07, 6.45) is 0. The van der Waals surface area contributed by atoms with Crippen LogP contribution in [0.4, 0.5) is 0 Å². The molecule has 0 spiro atoms. The monoisotopic (exact) mass is 243 g/mol. The van der Waals surface area contributed by atoms with Crippen molar-refractivity contribution in [2.24, 2.45) is 5.84 Å². The summed E-state index contributed by atoms with van der Waals surface area (Å²) in [5, 5.41) is 0.636. The van der Waals surface area contributed by atoms with E-state index in [-0.39, 0.29) is 0 Å². The van der Waals surface area contributed by atoms with E-state index in [1.165, 1.54) is 5.56 Å². The molecule has 5 heteroatoms. The Morgan fingerprint density at radius 1 is 1.50 bits per heavy atom. The Morgan fingerprint density at radius 3 is 2.75 bits per heavy atom. The normalized spacial score (nSPS) is 10.9. The molecule has 1 rings (SSSR count). The first kappa shape index (κ1) is 13.3. The first-order valence-corrected chi connectivity index (χ1v) is 5.41. The average molecular weight is 244 g/mol. The van der Waals surface area contributed by atoms with Gasteiger partial charge in [-0.2, -0.15) is 0 Å². The highest BCUT2D eigenvalue weighted by Crippen LogP contribution is 2.28. The first-order valence-electron chi connectivity index (χ1n) is 5.03. The Balaban J connectivity index is 2.85. The molecule has 0 saturated heterocycles. The third kappa shape index (κ3) is 3.35. The number of rotatable bonds is 5. The molecule has 0 bridgehead atoms. The minimum atomic E-state index is 0.628. The van der Waals surface area contributed by atoms with Gasteiger partial charge in [0.25, 0.3) is 0 Å². The number of hydrazine groups is 1. The van der Waals surface area contributed by atoms with Gasteiger partial charge >= 0.3 is 0 Å². The SMILES string of the molecule is COc1cc(C)c(CN(C)CNN)cc1Cl. The number of aryl methyl sites for hydroxylation is 1. The fourth-order valence-corrected chi connectivity index (χ4v) is 1.79. The summed E-state index contributed by atoms with van der Waals surface area (Å²) in [6.45, 7) is 3.46. The summed E-state index contributed by atoms with van der Waals surface area (Å²) in [4.78, 5) is 2.06. The van der Waals surface area contributed by atoms with Gasteiger partial charge in [0.05, 0.1) is 18.8 Å².